The van der Waals surface area contributed by atoms with Crippen LogP contribution < -0.4 is 0 Å². The van der Waals surface area contributed by atoms with Crippen LogP contribution >= 0.6 is 40.2 Å². The number of rotatable bonds is 4. The molecule has 4 nitrogen and oxygen atoms in total. The third-order valence-electron chi connectivity index (χ3n) is 1.48. The van der Waals surface area contributed by atoms with Crippen molar-refractivity contribution in [1.82, 2.24) is 9.32 Å². The SMILES string of the molecule is CCOC(=O)c1cnc(SC)n1PI. The summed E-state index contributed by atoms with van der Waals surface area (Å²) < 4.78 is 6.78. The van der Waals surface area contributed by atoms with Crippen molar-refractivity contribution in [2.24, 2.45) is 0 Å². The van der Waals surface area contributed by atoms with Gasteiger partial charge in [-0.1, -0.05) is 11.8 Å². The minimum absolute atomic E-state index is 0.301. The van der Waals surface area contributed by atoms with Gasteiger partial charge in [0, 0.05) is 0 Å². The van der Waals surface area contributed by atoms with Crippen molar-refractivity contribution in [2.45, 2.75) is 12.1 Å². The Balaban J connectivity index is 2.96. The number of thioether (sulfide) groups is 1. The molecule has 0 N–H and O–H groups in total. The van der Waals surface area contributed by atoms with Gasteiger partial charge in [0.1, 0.15) is 0 Å². The van der Waals surface area contributed by atoms with Crippen LogP contribution in [0.2, 0.25) is 0 Å². The summed E-state index contributed by atoms with van der Waals surface area (Å²) in [6.07, 6.45) is 3.96. The molecule has 7 heteroatoms. The number of carbonyl (C=O) groups is 1. The van der Waals surface area contributed by atoms with Gasteiger partial charge >= 0.3 is 5.97 Å². The minimum atomic E-state index is -0.301. The minimum Gasteiger partial charge on any atom is -0.461 e. The Morgan fingerprint density at radius 2 is 2.57 bits per heavy atom. The van der Waals surface area contributed by atoms with Crippen LogP contribution in [0.4, 0.5) is 0 Å². The molecule has 0 spiro atoms. The largest absolute Gasteiger partial charge is 0.461 e. The van der Waals surface area contributed by atoms with Crippen LogP contribution in [0.25, 0.3) is 0 Å². The molecule has 0 fully saturated rings. The summed E-state index contributed by atoms with van der Waals surface area (Å²) in [4.78, 5) is 15.6. The first-order valence-electron chi connectivity index (χ1n) is 3.90. The topological polar surface area (TPSA) is 44.1 Å². The number of nitrogens with zero attached hydrogens (tertiary/aromatic N) is 2. The molecule has 14 heavy (non-hydrogen) atoms. The Bertz CT molecular complexity index is 331. The van der Waals surface area contributed by atoms with Gasteiger partial charge in [0.15, 0.2) is 10.9 Å². The highest BCUT2D eigenvalue weighted by Crippen LogP contribution is 2.31. The molecule has 78 valence electrons. The van der Waals surface area contributed by atoms with Crippen LogP contribution in [0.5, 0.6) is 0 Å². The highest BCUT2D eigenvalue weighted by atomic mass is 127. The van der Waals surface area contributed by atoms with Gasteiger partial charge in [0.2, 0.25) is 0 Å². The monoisotopic (exact) mass is 344 g/mol. The van der Waals surface area contributed by atoms with Gasteiger partial charge in [0.25, 0.3) is 0 Å². The molecule has 0 saturated carbocycles. The zero-order chi connectivity index (χ0) is 10.6. The van der Waals surface area contributed by atoms with Crippen molar-refractivity contribution >= 4 is 46.1 Å². The second kappa shape index (κ2) is 5.92. The second-order valence-corrected chi connectivity index (χ2v) is 5.11. The molecule has 0 aliphatic carbocycles. The average molecular weight is 344 g/mol. The maximum atomic E-state index is 11.5. The van der Waals surface area contributed by atoms with Crippen molar-refractivity contribution in [2.75, 3.05) is 12.9 Å². The second-order valence-electron chi connectivity index (χ2n) is 2.27. The number of ether oxygens (including phenoxy) is 1. The molecule has 1 atom stereocenters. The van der Waals surface area contributed by atoms with Crippen molar-refractivity contribution in [3.8, 4) is 0 Å². The highest BCUT2D eigenvalue weighted by molar-refractivity contribution is 14.2. The lowest BCUT2D eigenvalue weighted by Gasteiger charge is -2.05. The first-order valence-corrected chi connectivity index (χ1v) is 9.18. The van der Waals surface area contributed by atoms with E-state index < -0.39 is 0 Å². The normalized spacial score (nSPS) is 11.1. The fourth-order valence-corrected chi connectivity index (χ4v) is 4.09. The first-order chi connectivity index (χ1) is 6.74. The molecule has 1 rings (SSSR count). The van der Waals surface area contributed by atoms with E-state index in [2.05, 4.69) is 27.0 Å². The van der Waals surface area contributed by atoms with Gasteiger partial charge in [-0.15, -0.1) is 0 Å². The maximum absolute atomic E-state index is 11.5. The summed E-state index contributed by atoms with van der Waals surface area (Å²) in [7, 11) is 0. The zero-order valence-electron chi connectivity index (χ0n) is 7.78. The standard InChI is InChI=1S/C7H10IN2O2PS/c1-3-12-6(11)5-4-9-7(14-2)10(5)13-8/h4,13H,3H2,1-2H3. The van der Waals surface area contributed by atoms with Gasteiger partial charge in [-0.05, 0) is 35.2 Å². The summed E-state index contributed by atoms with van der Waals surface area (Å²) in [5, 5.41) is 0.848. The summed E-state index contributed by atoms with van der Waals surface area (Å²) in [6, 6.07) is 0. The molecule has 0 radical (unpaired) electrons. The smallest absolute Gasteiger partial charge is 0.356 e. The number of carbonyl (C=O) groups excluding carboxylic acids is 1. The molecule has 0 aliphatic rings. The molecular weight excluding hydrogens is 334 g/mol. The molecular formula is C7H10IN2O2PS. The fourth-order valence-electron chi connectivity index (χ4n) is 0.910. The lowest BCUT2D eigenvalue weighted by Crippen LogP contribution is -2.07. The summed E-state index contributed by atoms with van der Waals surface area (Å²) in [5.74, 6) is -0.301. The number of hydrogen-bond acceptors (Lipinski definition) is 4. The number of imidazole rings is 1. The van der Waals surface area contributed by atoms with E-state index in [0.29, 0.717) is 18.7 Å². The van der Waals surface area contributed by atoms with E-state index in [0.717, 1.165) is 5.16 Å². The lowest BCUT2D eigenvalue weighted by atomic mass is 10.5. The Morgan fingerprint density at radius 1 is 1.86 bits per heavy atom. The number of esters is 1. The lowest BCUT2D eigenvalue weighted by molar-refractivity contribution is 0.0518. The zero-order valence-corrected chi connectivity index (χ0v) is 11.8. The highest BCUT2D eigenvalue weighted by Gasteiger charge is 2.16. The van der Waals surface area contributed by atoms with E-state index in [1.165, 1.54) is 11.8 Å². The third-order valence-corrected chi connectivity index (χ3v) is 4.37. The molecule has 0 amide bonds. The van der Waals surface area contributed by atoms with Crippen LogP contribution in [0.3, 0.4) is 0 Å². The van der Waals surface area contributed by atoms with E-state index in [4.69, 9.17) is 4.74 Å². The fraction of sp³-hybridized carbons (Fsp3) is 0.429. The number of hydrogen-bond donors (Lipinski definition) is 0. The van der Waals surface area contributed by atoms with E-state index in [-0.39, 0.29) is 5.97 Å². The Kier molecular flexibility index (Phi) is 5.19. The van der Waals surface area contributed by atoms with Gasteiger partial charge in [-0.2, -0.15) is 0 Å². The van der Waals surface area contributed by atoms with Crippen molar-refractivity contribution in [3.63, 3.8) is 0 Å². The number of halogens is 1. The van der Waals surface area contributed by atoms with Crippen molar-refractivity contribution in [1.29, 1.82) is 0 Å². The molecule has 1 unspecified atom stereocenters. The van der Waals surface area contributed by atoms with Crippen LogP contribution in [-0.2, 0) is 4.74 Å². The molecule has 1 aromatic rings. The van der Waals surface area contributed by atoms with Crippen LogP contribution in [0.1, 0.15) is 17.4 Å². The first kappa shape index (κ1) is 12.3. The van der Waals surface area contributed by atoms with Crippen LogP contribution in [0, 0.1) is 0 Å². The number of aromatic nitrogens is 2. The Labute approximate surface area is 102 Å². The van der Waals surface area contributed by atoms with Gasteiger partial charge in [-0.3, -0.25) is 4.34 Å². The van der Waals surface area contributed by atoms with E-state index in [1.807, 2.05) is 10.6 Å². The molecule has 1 aromatic heterocycles. The van der Waals surface area contributed by atoms with Crippen LogP contribution in [-0.4, -0.2) is 28.2 Å². The average Bonchev–Trinajstić information content (AvgIpc) is 2.60. The quantitative estimate of drug-likeness (QED) is 0.365. The van der Waals surface area contributed by atoms with Gasteiger partial charge in [-0.25, -0.2) is 9.78 Å². The van der Waals surface area contributed by atoms with E-state index in [9.17, 15) is 4.79 Å². The predicted molar refractivity (Wildman–Crippen MR) is 67.7 cm³/mol. The van der Waals surface area contributed by atoms with Crippen molar-refractivity contribution in [3.05, 3.63) is 11.9 Å². The Hall–Kier alpha value is 0.190. The molecule has 0 aromatic carbocycles. The maximum Gasteiger partial charge on any atom is 0.356 e. The van der Waals surface area contributed by atoms with Crippen LogP contribution in [0.15, 0.2) is 11.4 Å². The summed E-state index contributed by atoms with van der Waals surface area (Å²) in [5.41, 5.74) is 0.531. The van der Waals surface area contributed by atoms with E-state index in [1.54, 1.807) is 13.1 Å². The van der Waals surface area contributed by atoms with Gasteiger partial charge < -0.3 is 4.74 Å². The predicted octanol–water partition coefficient (Wildman–Crippen LogP) is 2.57. The summed E-state index contributed by atoms with van der Waals surface area (Å²) >= 11 is 3.74. The molecule has 0 saturated heterocycles. The molecule has 1 heterocycles. The third kappa shape index (κ3) is 2.61. The summed E-state index contributed by atoms with van der Waals surface area (Å²) in [6.45, 7) is 2.18. The Morgan fingerprint density at radius 3 is 3.07 bits per heavy atom. The molecule has 0 bridgehead atoms. The van der Waals surface area contributed by atoms with Crippen molar-refractivity contribution < 1.29 is 9.53 Å². The van der Waals surface area contributed by atoms with E-state index >= 15 is 0 Å². The van der Waals surface area contributed by atoms with Gasteiger partial charge in [0.05, 0.1) is 19.2 Å². The molecule has 0 aliphatic heterocycles.